The van der Waals surface area contributed by atoms with Gasteiger partial charge in [-0.05, 0) is 25.1 Å². The Morgan fingerprint density at radius 1 is 1.38 bits per heavy atom. The lowest BCUT2D eigenvalue weighted by Gasteiger charge is -2.05. The molecule has 2 aromatic rings. The Kier molecular flexibility index (Phi) is 2.52. The lowest BCUT2D eigenvalue weighted by Crippen LogP contribution is -2.32. The maximum Gasteiger partial charge on any atom is 0.328 e. The van der Waals surface area contributed by atoms with Crippen LogP contribution in [0.25, 0.3) is 10.9 Å². The summed E-state index contributed by atoms with van der Waals surface area (Å²) in [5, 5.41) is 3.64. The Hall–Kier alpha value is -2.04. The molecule has 0 amide bonds. The number of rotatable bonds is 2. The third-order valence-corrected chi connectivity index (χ3v) is 2.48. The van der Waals surface area contributed by atoms with Crippen molar-refractivity contribution in [2.24, 2.45) is 7.05 Å². The average molecular weight is 219 g/mol. The first-order chi connectivity index (χ1) is 7.63. The first-order valence-corrected chi connectivity index (χ1v) is 5.10. The third kappa shape index (κ3) is 1.60. The van der Waals surface area contributed by atoms with Crippen molar-refractivity contribution in [2.75, 3.05) is 11.9 Å². The summed E-state index contributed by atoms with van der Waals surface area (Å²) in [6, 6.07) is 5.30. The molecule has 0 atom stereocenters. The maximum atomic E-state index is 11.7. The summed E-state index contributed by atoms with van der Waals surface area (Å²) in [5.74, 6) is 0. The van der Waals surface area contributed by atoms with Crippen molar-refractivity contribution in [3.8, 4) is 0 Å². The summed E-state index contributed by atoms with van der Waals surface area (Å²) in [4.78, 5) is 25.8. The van der Waals surface area contributed by atoms with Crippen LogP contribution in [0.3, 0.4) is 0 Å². The van der Waals surface area contributed by atoms with Gasteiger partial charge in [-0.1, -0.05) is 0 Å². The fourth-order valence-electron chi connectivity index (χ4n) is 1.62. The van der Waals surface area contributed by atoms with Crippen LogP contribution in [-0.2, 0) is 7.05 Å². The molecule has 84 valence electrons. The Morgan fingerprint density at radius 2 is 2.12 bits per heavy atom. The maximum absolute atomic E-state index is 11.7. The number of nitrogens with zero attached hydrogens (tertiary/aromatic N) is 1. The summed E-state index contributed by atoms with van der Waals surface area (Å²) in [6.45, 7) is 2.78. The Labute approximate surface area is 91.7 Å². The fraction of sp³-hybridized carbons (Fsp3) is 0.273. The van der Waals surface area contributed by atoms with Crippen molar-refractivity contribution in [3.05, 3.63) is 39.0 Å². The average Bonchev–Trinajstić information content (AvgIpc) is 2.26. The highest BCUT2D eigenvalue weighted by Gasteiger charge is 2.04. The van der Waals surface area contributed by atoms with Crippen LogP contribution in [0.2, 0.25) is 0 Å². The van der Waals surface area contributed by atoms with E-state index in [4.69, 9.17) is 0 Å². The van der Waals surface area contributed by atoms with Gasteiger partial charge >= 0.3 is 5.69 Å². The Morgan fingerprint density at radius 3 is 2.81 bits per heavy atom. The Balaban J connectivity index is 2.76. The van der Waals surface area contributed by atoms with Gasteiger partial charge in [0.05, 0.1) is 10.9 Å². The molecule has 1 heterocycles. The SMILES string of the molecule is CCNc1ccc2c(=O)n(C)c(=O)[nH]c2c1. The van der Waals surface area contributed by atoms with Gasteiger partial charge in [-0.25, -0.2) is 4.79 Å². The predicted molar refractivity (Wildman–Crippen MR) is 64.0 cm³/mol. The van der Waals surface area contributed by atoms with Crippen LogP contribution in [0, 0.1) is 0 Å². The largest absolute Gasteiger partial charge is 0.385 e. The van der Waals surface area contributed by atoms with E-state index < -0.39 is 5.69 Å². The number of anilines is 1. The zero-order chi connectivity index (χ0) is 11.7. The molecule has 1 aromatic carbocycles. The zero-order valence-electron chi connectivity index (χ0n) is 9.20. The van der Waals surface area contributed by atoms with Crippen molar-refractivity contribution in [1.29, 1.82) is 0 Å². The summed E-state index contributed by atoms with van der Waals surface area (Å²) >= 11 is 0. The molecular weight excluding hydrogens is 206 g/mol. The summed E-state index contributed by atoms with van der Waals surface area (Å²) in [7, 11) is 1.46. The van der Waals surface area contributed by atoms with Gasteiger partial charge in [0.15, 0.2) is 0 Å². The summed E-state index contributed by atoms with van der Waals surface area (Å²) in [5.41, 5.74) is 0.776. The lowest BCUT2D eigenvalue weighted by molar-refractivity contribution is 0.794. The van der Waals surface area contributed by atoms with E-state index in [9.17, 15) is 9.59 Å². The monoisotopic (exact) mass is 219 g/mol. The molecule has 5 nitrogen and oxygen atoms in total. The van der Waals surface area contributed by atoms with Gasteiger partial charge in [0.25, 0.3) is 5.56 Å². The van der Waals surface area contributed by atoms with Gasteiger partial charge in [-0.2, -0.15) is 0 Å². The number of nitrogens with one attached hydrogen (secondary N) is 2. The van der Waals surface area contributed by atoms with Crippen LogP contribution in [0.4, 0.5) is 5.69 Å². The van der Waals surface area contributed by atoms with E-state index in [1.165, 1.54) is 7.05 Å². The minimum absolute atomic E-state index is 0.276. The van der Waals surface area contributed by atoms with Crippen molar-refractivity contribution in [3.63, 3.8) is 0 Å². The molecule has 0 saturated heterocycles. The molecule has 0 bridgehead atoms. The molecule has 0 aliphatic heterocycles. The van der Waals surface area contributed by atoms with Crippen molar-refractivity contribution >= 4 is 16.6 Å². The number of benzene rings is 1. The van der Waals surface area contributed by atoms with Crippen LogP contribution < -0.4 is 16.6 Å². The lowest BCUT2D eigenvalue weighted by atomic mass is 10.2. The minimum atomic E-state index is -0.397. The van der Waals surface area contributed by atoms with Crippen molar-refractivity contribution in [2.45, 2.75) is 6.92 Å². The van der Waals surface area contributed by atoms with Crippen LogP contribution in [0.15, 0.2) is 27.8 Å². The first kappa shape index (κ1) is 10.5. The van der Waals surface area contributed by atoms with Gasteiger partial charge in [-0.15, -0.1) is 0 Å². The molecule has 0 unspecified atom stereocenters. The van der Waals surface area contributed by atoms with Crippen LogP contribution in [0.5, 0.6) is 0 Å². The highest BCUT2D eigenvalue weighted by atomic mass is 16.2. The van der Waals surface area contributed by atoms with E-state index >= 15 is 0 Å². The van der Waals surface area contributed by atoms with Crippen molar-refractivity contribution < 1.29 is 0 Å². The number of fused-ring (bicyclic) bond motifs is 1. The number of aromatic amines is 1. The minimum Gasteiger partial charge on any atom is -0.385 e. The molecule has 0 aliphatic carbocycles. The van der Waals surface area contributed by atoms with Crippen LogP contribution in [-0.4, -0.2) is 16.1 Å². The zero-order valence-corrected chi connectivity index (χ0v) is 9.20. The number of aromatic nitrogens is 2. The molecule has 0 radical (unpaired) electrons. The first-order valence-electron chi connectivity index (χ1n) is 5.10. The fourth-order valence-corrected chi connectivity index (χ4v) is 1.62. The molecule has 2 rings (SSSR count). The third-order valence-electron chi connectivity index (χ3n) is 2.48. The molecule has 1 aromatic heterocycles. The Bertz CT molecular complexity index is 640. The second-order valence-electron chi connectivity index (χ2n) is 3.59. The van der Waals surface area contributed by atoms with Crippen LogP contribution >= 0.6 is 0 Å². The van der Waals surface area contributed by atoms with Gasteiger partial charge in [0, 0.05) is 19.3 Å². The van der Waals surface area contributed by atoms with Gasteiger partial charge in [0.1, 0.15) is 0 Å². The van der Waals surface area contributed by atoms with Gasteiger partial charge < -0.3 is 10.3 Å². The molecule has 0 saturated carbocycles. The second-order valence-corrected chi connectivity index (χ2v) is 3.59. The normalized spacial score (nSPS) is 10.6. The predicted octanol–water partition coefficient (Wildman–Crippen LogP) is 0.659. The van der Waals surface area contributed by atoms with E-state index in [2.05, 4.69) is 10.3 Å². The molecule has 16 heavy (non-hydrogen) atoms. The number of hydrogen-bond donors (Lipinski definition) is 2. The van der Waals surface area contributed by atoms with E-state index in [-0.39, 0.29) is 5.56 Å². The van der Waals surface area contributed by atoms with E-state index in [0.29, 0.717) is 10.9 Å². The molecule has 5 heteroatoms. The van der Waals surface area contributed by atoms with Crippen molar-refractivity contribution in [1.82, 2.24) is 9.55 Å². The highest BCUT2D eigenvalue weighted by molar-refractivity contribution is 5.81. The smallest absolute Gasteiger partial charge is 0.328 e. The van der Waals surface area contributed by atoms with E-state index in [0.717, 1.165) is 16.8 Å². The second kappa shape index (κ2) is 3.84. The number of hydrogen-bond acceptors (Lipinski definition) is 3. The molecule has 0 aliphatic rings. The standard InChI is InChI=1S/C11H13N3O2/c1-3-12-7-4-5-8-9(6-7)13-11(16)14(2)10(8)15/h4-6,12H,3H2,1-2H3,(H,13,16). The quantitative estimate of drug-likeness (QED) is 0.779. The summed E-state index contributed by atoms with van der Waals surface area (Å²) in [6.07, 6.45) is 0. The summed E-state index contributed by atoms with van der Waals surface area (Å²) < 4.78 is 1.06. The van der Waals surface area contributed by atoms with E-state index in [1.54, 1.807) is 12.1 Å². The molecule has 2 N–H and O–H groups in total. The topological polar surface area (TPSA) is 66.9 Å². The van der Waals surface area contributed by atoms with Gasteiger partial charge in [-0.3, -0.25) is 9.36 Å². The van der Waals surface area contributed by atoms with Gasteiger partial charge in [0.2, 0.25) is 0 Å². The highest BCUT2D eigenvalue weighted by Crippen LogP contribution is 2.12. The molecule has 0 spiro atoms. The molecular formula is C11H13N3O2. The number of H-pyrrole nitrogens is 1. The van der Waals surface area contributed by atoms with Crippen LogP contribution in [0.1, 0.15) is 6.92 Å². The molecule has 0 fully saturated rings. The van der Waals surface area contributed by atoms with E-state index in [1.807, 2.05) is 13.0 Å².